The molecule has 0 aromatic carbocycles. The van der Waals surface area contributed by atoms with E-state index in [2.05, 4.69) is 20.0 Å². The lowest BCUT2D eigenvalue weighted by Crippen LogP contribution is -2.46. The second-order valence-corrected chi connectivity index (χ2v) is 8.57. The minimum absolute atomic E-state index is 0.0686. The van der Waals surface area contributed by atoms with Crippen molar-refractivity contribution in [1.82, 2.24) is 19.7 Å². The first-order valence-electron chi connectivity index (χ1n) is 10.6. The molecular weight excluding hydrogens is 395 g/mol. The highest BCUT2D eigenvalue weighted by Crippen LogP contribution is 2.37. The number of morpholine rings is 1. The maximum Gasteiger partial charge on any atom is 0.252 e. The van der Waals surface area contributed by atoms with Crippen LogP contribution in [0.15, 0.2) is 18.3 Å². The van der Waals surface area contributed by atoms with Gasteiger partial charge >= 0.3 is 0 Å². The molecule has 30 heavy (non-hydrogen) atoms. The van der Waals surface area contributed by atoms with Gasteiger partial charge < -0.3 is 9.64 Å². The van der Waals surface area contributed by atoms with E-state index in [1.54, 1.807) is 12.3 Å². The molecule has 1 aliphatic carbocycles. The first kappa shape index (κ1) is 21.1. The molecule has 0 N–H and O–H groups in total. The number of aromatic nitrogens is 4. The highest BCUT2D eigenvalue weighted by molar-refractivity contribution is 5.43. The molecule has 3 heterocycles. The number of hydrogen-bond acceptors (Lipinski definition) is 5. The predicted molar refractivity (Wildman–Crippen MR) is 107 cm³/mol. The number of ether oxygens (including phenoxy) is 1. The van der Waals surface area contributed by atoms with Gasteiger partial charge in [0.05, 0.1) is 17.9 Å². The molecule has 2 aromatic heterocycles. The molecule has 1 saturated carbocycles. The van der Waals surface area contributed by atoms with E-state index in [0.717, 1.165) is 11.5 Å². The van der Waals surface area contributed by atoms with Crippen LogP contribution in [0.4, 0.5) is 19.0 Å². The molecule has 1 aliphatic heterocycles. The quantitative estimate of drug-likeness (QED) is 0.724. The molecule has 2 atom stereocenters. The van der Waals surface area contributed by atoms with Crippen LogP contribution in [-0.4, -0.2) is 51.0 Å². The van der Waals surface area contributed by atoms with Crippen LogP contribution >= 0.6 is 0 Å². The van der Waals surface area contributed by atoms with Gasteiger partial charge in [-0.2, -0.15) is 10.1 Å². The van der Waals surface area contributed by atoms with E-state index in [1.165, 1.54) is 4.68 Å². The van der Waals surface area contributed by atoms with E-state index in [0.29, 0.717) is 44.0 Å². The third-order valence-corrected chi connectivity index (χ3v) is 5.82. The number of halogens is 3. The number of anilines is 1. The summed E-state index contributed by atoms with van der Waals surface area (Å²) in [4.78, 5) is 11.5. The summed E-state index contributed by atoms with van der Waals surface area (Å²) in [6, 6.07) is 3.54. The molecule has 0 spiro atoms. The Hall–Kier alpha value is -2.16. The van der Waals surface area contributed by atoms with Crippen LogP contribution in [0.1, 0.15) is 50.9 Å². The lowest BCUT2D eigenvalue weighted by molar-refractivity contribution is -0.0457. The highest BCUT2D eigenvalue weighted by Gasteiger charge is 2.35. The Morgan fingerprint density at radius 3 is 2.43 bits per heavy atom. The Balaban J connectivity index is 1.62. The third-order valence-electron chi connectivity index (χ3n) is 5.82. The Bertz CT molecular complexity index is 854. The van der Waals surface area contributed by atoms with Crippen LogP contribution in [0, 0.1) is 5.92 Å². The average molecular weight is 423 g/mol. The molecule has 0 amide bonds. The number of nitrogens with zero attached hydrogens (tertiary/aromatic N) is 5. The summed E-state index contributed by atoms with van der Waals surface area (Å²) in [6.07, 6.45) is 3.23. The second-order valence-electron chi connectivity index (χ2n) is 8.57. The van der Waals surface area contributed by atoms with Gasteiger partial charge in [0, 0.05) is 43.9 Å². The molecule has 2 fully saturated rings. The Morgan fingerprint density at radius 1 is 1.10 bits per heavy atom. The second kappa shape index (κ2) is 8.53. The molecule has 2 aliphatic rings. The molecule has 2 unspecified atom stereocenters. The van der Waals surface area contributed by atoms with Gasteiger partial charge in [-0.3, -0.25) is 0 Å². The fraction of sp³-hybridized carbons (Fsp3) is 0.667. The van der Waals surface area contributed by atoms with Crippen molar-refractivity contribution in [3.63, 3.8) is 0 Å². The van der Waals surface area contributed by atoms with Crippen molar-refractivity contribution in [1.29, 1.82) is 0 Å². The van der Waals surface area contributed by atoms with Gasteiger partial charge in [-0.15, -0.1) is 0 Å². The van der Waals surface area contributed by atoms with Crippen molar-refractivity contribution in [3.8, 4) is 5.95 Å². The van der Waals surface area contributed by atoms with Gasteiger partial charge in [0.2, 0.25) is 5.92 Å². The summed E-state index contributed by atoms with van der Waals surface area (Å²) in [7, 11) is 0. The molecule has 0 bridgehead atoms. The summed E-state index contributed by atoms with van der Waals surface area (Å²) < 4.78 is 47.3. The Labute approximate surface area is 174 Å². The van der Waals surface area contributed by atoms with Gasteiger partial charge in [0.25, 0.3) is 5.95 Å². The zero-order chi connectivity index (χ0) is 21.3. The van der Waals surface area contributed by atoms with E-state index >= 15 is 0 Å². The van der Waals surface area contributed by atoms with Gasteiger partial charge in [0.15, 0.2) is 0 Å². The molecule has 1 saturated heterocycles. The molecule has 2 aromatic rings. The van der Waals surface area contributed by atoms with Crippen LogP contribution < -0.4 is 4.90 Å². The smallest absolute Gasteiger partial charge is 0.252 e. The normalized spacial score (nSPS) is 24.9. The summed E-state index contributed by atoms with van der Waals surface area (Å²) in [5.74, 6) is -1.25. The van der Waals surface area contributed by atoms with E-state index < -0.39 is 12.6 Å². The largest absolute Gasteiger partial charge is 0.372 e. The van der Waals surface area contributed by atoms with Gasteiger partial charge in [-0.25, -0.2) is 22.8 Å². The van der Waals surface area contributed by atoms with Gasteiger partial charge in [-0.05, 0) is 45.1 Å². The molecular formula is C21H28F3N5O. The standard InChI is InChI=1S/C21H28F3N5O/c1-14-12-28(13-15(2)30-14)19-10-18(9-16-3-6-21(23,24)7-4-16)25-20(26-19)29-8-5-17(11-22)27-29/h5,8,10,14-16H,3-4,6-7,9,11-13H2,1-2H3. The van der Waals surface area contributed by atoms with Crippen molar-refractivity contribution in [2.24, 2.45) is 5.92 Å². The van der Waals surface area contributed by atoms with Crippen LogP contribution in [0.3, 0.4) is 0 Å². The maximum atomic E-state index is 13.5. The SMILES string of the molecule is CC1CN(c2cc(CC3CCC(F)(F)CC3)nc(-n3ccc(CF)n3)n2)CC(C)O1. The van der Waals surface area contributed by atoms with E-state index in [1.807, 2.05) is 19.9 Å². The van der Waals surface area contributed by atoms with Gasteiger partial charge in [-0.1, -0.05) is 0 Å². The Morgan fingerprint density at radius 2 is 1.80 bits per heavy atom. The van der Waals surface area contributed by atoms with Crippen molar-refractivity contribution >= 4 is 5.82 Å². The van der Waals surface area contributed by atoms with E-state index in [9.17, 15) is 13.2 Å². The zero-order valence-corrected chi connectivity index (χ0v) is 17.4. The molecule has 164 valence electrons. The van der Waals surface area contributed by atoms with Crippen molar-refractivity contribution in [2.75, 3.05) is 18.0 Å². The van der Waals surface area contributed by atoms with Crippen LogP contribution in [-0.2, 0) is 17.8 Å². The van der Waals surface area contributed by atoms with Crippen LogP contribution in [0.2, 0.25) is 0 Å². The third kappa shape index (κ3) is 4.94. The van der Waals surface area contributed by atoms with E-state index in [-0.39, 0.29) is 31.0 Å². The molecule has 6 nitrogen and oxygen atoms in total. The van der Waals surface area contributed by atoms with E-state index in [4.69, 9.17) is 4.74 Å². The summed E-state index contributed by atoms with van der Waals surface area (Å²) in [5.41, 5.74) is 1.11. The Kier molecular flexibility index (Phi) is 5.99. The summed E-state index contributed by atoms with van der Waals surface area (Å²) in [5, 5.41) is 4.20. The lowest BCUT2D eigenvalue weighted by atomic mass is 9.84. The molecule has 4 rings (SSSR count). The maximum absolute atomic E-state index is 13.5. The molecule has 0 radical (unpaired) electrons. The summed E-state index contributed by atoms with van der Waals surface area (Å²) in [6.45, 7) is 4.79. The topological polar surface area (TPSA) is 56.1 Å². The monoisotopic (exact) mass is 423 g/mol. The summed E-state index contributed by atoms with van der Waals surface area (Å²) >= 11 is 0. The fourth-order valence-electron chi connectivity index (χ4n) is 4.35. The minimum Gasteiger partial charge on any atom is -0.372 e. The highest BCUT2D eigenvalue weighted by atomic mass is 19.3. The number of rotatable bonds is 5. The van der Waals surface area contributed by atoms with Crippen LogP contribution in [0.25, 0.3) is 5.95 Å². The number of hydrogen-bond donors (Lipinski definition) is 0. The predicted octanol–water partition coefficient (Wildman–Crippen LogP) is 4.11. The minimum atomic E-state index is -2.55. The van der Waals surface area contributed by atoms with Crippen LogP contribution in [0.5, 0.6) is 0 Å². The van der Waals surface area contributed by atoms with Crippen molar-refractivity contribution in [3.05, 3.63) is 29.7 Å². The average Bonchev–Trinajstić information content (AvgIpc) is 3.18. The zero-order valence-electron chi connectivity index (χ0n) is 17.4. The van der Waals surface area contributed by atoms with Gasteiger partial charge in [0.1, 0.15) is 12.5 Å². The first-order chi connectivity index (χ1) is 14.3. The number of alkyl halides is 3. The first-order valence-corrected chi connectivity index (χ1v) is 10.6. The van der Waals surface area contributed by atoms with Crippen molar-refractivity contribution in [2.45, 2.75) is 70.8 Å². The molecule has 9 heteroatoms. The lowest BCUT2D eigenvalue weighted by Gasteiger charge is -2.36. The van der Waals surface area contributed by atoms with Crippen molar-refractivity contribution < 1.29 is 17.9 Å². The fourth-order valence-corrected chi connectivity index (χ4v) is 4.35.